The number of rotatable bonds is 5. The Morgan fingerprint density at radius 3 is 2.59 bits per heavy atom. The normalized spacial score (nSPS) is 9.82. The molecule has 1 rings (SSSR count). The van der Waals surface area contributed by atoms with E-state index in [1.807, 2.05) is 6.92 Å². The van der Waals surface area contributed by atoms with Crippen molar-refractivity contribution >= 4 is 17.3 Å². The molecule has 0 bridgehead atoms. The number of carbonyl (C=O) groups is 1. The van der Waals surface area contributed by atoms with Crippen molar-refractivity contribution in [3.8, 4) is 11.5 Å². The summed E-state index contributed by atoms with van der Waals surface area (Å²) in [5.74, 6) is 0.996. The van der Waals surface area contributed by atoms with Gasteiger partial charge in [-0.3, -0.25) is 4.79 Å². The molecule has 1 aromatic carbocycles. The van der Waals surface area contributed by atoms with E-state index in [1.165, 1.54) is 7.11 Å². The molecule has 0 aliphatic rings. The molecular weight excluding hydrogens is 220 g/mol. The molecule has 0 aliphatic heterocycles. The second-order valence-electron chi connectivity index (χ2n) is 3.43. The molecule has 0 heterocycles. The minimum atomic E-state index is -0.0909. The standard InChI is InChI=1S/C12H18N2O3/c1-4-12(15)14-9-6-8(13)10(17-5-2)7-11(9)16-3/h6-7H,4-5,13H2,1-3H3,(H,14,15). The highest BCUT2D eigenvalue weighted by molar-refractivity contribution is 5.93. The molecule has 5 heteroatoms. The average Bonchev–Trinajstić information content (AvgIpc) is 2.32. The van der Waals surface area contributed by atoms with Gasteiger partial charge in [-0.05, 0) is 13.0 Å². The second-order valence-corrected chi connectivity index (χ2v) is 3.43. The number of amides is 1. The van der Waals surface area contributed by atoms with Gasteiger partial charge in [-0.2, -0.15) is 0 Å². The van der Waals surface area contributed by atoms with Gasteiger partial charge in [0.05, 0.1) is 25.1 Å². The number of nitrogen functional groups attached to an aromatic ring is 1. The predicted octanol–water partition coefficient (Wildman–Crippen LogP) is 2.02. The van der Waals surface area contributed by atoms with Gasteiger partial charge in [0, 0.05) is 12.5 Å². The lowest BCUT2D eigenvalue weighted by Gasteiger charge is -2.14. The van der Waals surface area contributed by atoms with Crippen LogP contribution in [-0.2, 0) is 4.79 Å². The molecule has 5 nitrogen and oxygen atoms in total. The first-order valence-electron chi connectivity index (χ1n) is 5.52. The topological polar surface area (TPSA) is 73.6 Å². The maximum Gasteiger partial charge on any atom is 0.224 e. The van der Waals surface area contributed by atoms with Crippen LogP contribution in [0.1, 0.15) is 20.3 Å². The van der Waals surface area contributed by atoms with Crippen LogP contribution in [0.2, 0.25) is 0 Å². The number of hydrogen-bond acceptors (Lipinski definition) is 4. The molecule has 0 saturated carbocycles. The number of benzene rings is 1. The maximum atomic E-state index is 11.3. The SMILES string of the molecule is CCOc1cc(OC)c(NC(=O)CC)cc1N. The number of nitrogens with one attached hydrogen (secondary N) is 1. The lowest BCUT2D eigenvalue weighted by molar-refractivity contribution is -0.115. The molecule has 0 aromatic heterocycles. The van der Waals surface area contributed by atoms with Gasteiger partial charge in [-0.15, -0.1) is 0 Å². The van der Waals surface area contributed by atoms with Gasteiger partial charge in [0.15, 0.2) is 0 Å². The summed E-state index contributed by atoms with van der Waals surface area (Å²) in [6, 6.07) is 3.31. The predicted molar refractivity (Wildman–Crippen MR) is 67.5 cm³/mol. The van der Waals surface area contributed by atoms with Gasteiger partial charge in [0.2, 0.25) is 5.91 Å². The first-order chi connectivity index (χ1) is 8.12. The molecule has 0 aliphatic carbocycles. The Bertz CT molecular complexity index is 405. The quantitative estimate of drug-likeness (QED) is 0.770. The molecule has 0 radical (unpaired) electrons. The van der Waals surface area contributed by atoms with Crippen molar-refractivity contribution in [2.75, 3.05) is 24.8 Å². The zero-order valence-electron chi connectivity index (χ0n) is 10.4. The number of methoxy groups -OCH3 is 1. The van der Waals surface area contributed by atoms with E-state index in [9.17, 15) is 4.79 Å². The van der Waals surface area contributed by atoms with Crippen LogP contribution in [0.25, 0.3) is 0 Å². The Labute approximate surface area is 101 Å². The van der Waals surface area contributed by atoms with Crippen molar-refractivity contribution in [1.29, 1.82) is 0 Å². The van der Waals surface area contributed by atoms with Crippen molar-refractivity contribution in [3.63, 3.8) is 0 Å². The summed E-state index contributed by atoms with van der Waals surface area (Å²) in [7, 11) is 1.53. The summed E-state index contributed by atoms with van der Waals surface area (Å²) in [6.07, 6.45) is 0.399. The largest absolute Gasteiger partial charge is 0.494 e. The van der Waals surface area contributed by atoms with E-state index < -0.39 is 0 Å². The first-order valence-corrected chi connectivity index (χ1v) is 5.52. The fourth-order valence-corrected chi connectivity index (χ4v) is 1.36. The minimum absolute atomic E-state index is 0.0909. The molecule has 0 fully saturated rings. The first kappa shape index (κ1) is 13.2. The van der Waals surface area contributed by atoms with E-state index in [0.29, 0.717) is 35.9 Å². The minimum Gasteiger partial charge on any atom is -0.494 e. The number of hydrogen-bond donors (Lipinski definition) is 2. The highest BCUT2D eigenvalue weighted by atomic mass is 16.5. The third-order valence-electron chi connectivity index (χ3n) is 2.23. The van der Waals surface area contributed by atoms with E-state index in [1.54, 1.807) is 19.1 Å². The van der Waals surface area contributed by atoms with E-state index in [2.05, 4.69) is 5.32 Å². The molecule has 1 amide bonds. The fourth-order valence-electron chi connectivity index (χ4n) is 1.36. The summed E-state index contributed by atoms with van der Waals surface area (Å²) in [5, 5.41) is 2.72. The number of carbonyl (C=O) groups excluding carboxylic acids is 1. The second kappa shape index (κ2) is 5.98. The zero-order valence-corrected chi connectivity index (χ0v) is 10.4. The number of nitrogens with two attached hydrogens (primary N) is 1. The fraction of sp³-hybridized carbons (Fsp3) is 0.417. The van der Waals surface area contributed by atoms with Crippen molar-refractivity contribution in [1.82, 2.24) is 0 Å². The smallest absolute Gasteiger partial charge is 0.224 e. The monoisotopic (exact) mass is 238 g/mol. The summed E-state index contributed by atoms with van der Waals surface area (Å²) < 4.78 is 10.5. The van der Waals surface area contributed by atoms with Crippen LogP contribution in [0.3, 0.4) is 0 Å². The van der Waals surface area contributed by atoms with Gasteiger partial charge in [-0.1, -0.05) is 6.92 Å². The maximum absolute atomic E-state index is 11.3. The molecule has 0 unspecified atom stereocenters. The van der Waals surface area contributed by atoms with Crippen molar-refractivity contribution in [2.24, 2.45) is 0 Å². The summed E-state index contributed by atoms with van der Waals surface area (Å²) >= 11 is 0. The zero-order chi connectivity index (χ0) is 12.8. The Balaban J connectivity index is 3.05. The van der Waals surface area contributed by atoms with Crippen LogP contribution in [-0.4, -0.2) is 19.6 Å². The van der Waals surface area contributed by atoms with Gasteiger partial charge in [0.1, 0.15) is 11.5 Å². The highest BCUT2D eigenvalue weighted by Gasteiger charge is 2.11. The van der Waals surface area contributed by atoms with E-state index in [0.717, 1.165) is 0 Å². The Hall–Kier alpha value is -1.91. The Morgan fingerprint density at radius 1 is 1.35 bits per heavy atom. The van der Waals surface area contributed by atoms with Crippen LogP contribution in [0.5, 0.6) is 11.5 Å². The molecule has 0 atom stereocenters. The lowest BCUT2D eigenvalue weighted by Crippen LogP contribution is -2.11. The Kier molecular flexibility index (Phi) is 4.63. The number of anilines is 2. The third-order valence-corrected chi connectivity index (χ3v) is 2.23. The highest BCUT2D eigenvalue weighted by Crippen LogP contribution is 2.34. The summed E-state index contributed by atoms with van der Waals surface area (Å²) in [6.45, 7) is 4.17. The van der Waals surface area contributed by atoms with Crippen LogP contribution in [0.15, 0.2) is 12.1 Å². The van der Waals surface area contributed by atoms with Crippen LogP contribution in [0, 0.1) is 0 Å². The number of ether oxygens (including phenoxy) is 2. The molecule has 1 aromatic rings. The Morgan fingerprint density at radius 2 is 2.06 bits per heavy atom. The average molecular weight is 238 g/mol. The van der Waals surface area contributed by atoms with Crippen molar-refractivity contribution in [3.05, 3.63) is 12.1 Å². The van der Waals surface area contributed by atoms with E-state index >= 15 is 0 Å². The molecule has 0 saturated heterocycles. The lowest BCUT2D eigenvalue weighted by atomic mass is 10.2. The molecule has 0 spiro atoms. The third kappa shape index (κ3) is 3.27. The molecule has 3 N–H and O–H groups in total. The van der Waals surface area contributed by atoms with Gasteiger partial charge >= 0.3 is 0 Å². The van der Waals surface area contributed by atoms with Crippen LogP contribution in [0.4, 0.5) is 11.4 Å². The molecular formula is C12H18N2O3. The summed E-state index contributed by atoms with van der Waals surface area (Å²) in [4.78, 5) is 11.3. The van der Waals surface area contributed by atoms with Crippen molar-refractivity contribution < 1.29 is 14.3 Å². The van der Waals surface area contributed by atoms with Gasteiger partial charge < -0.3 is 20.5 Å². The van der Waals surface area contributed by atoms with Crippen LogP contribution >= 0.6 is 0 Å². The molecule has 17 heavy (non-hydrogen) atoms. The van der Waals surface area contributed by atoms with E-state index in [4.69, 9.17) is 15.2 Å². The van der Waals surface area contributed by atoms with Gasteiger partial charge in [-0.25, -0.2) is 0 Å². The van der Waals surface area contributed by atoms with Crippen molar-refractivity contribution in [2.45, 2.75) is 20.3 Å². The van der Waals surface area contributed by atoms with Crippen LogP contribution < -0.4 is 20.5 Å². The van der Waals surface area contributed by atoms with E-state index in [-0.39, 0.29) is 5.91 Å². The molecule has 94 valence electrons. The summed E-state index contributed by atoms with van der Waals surface area (Å²) in [5.41, 5.74) is 6.84. The van der Waals surface area contributed by atoms with Gasteiger partial charge in [0.25, 0.3) is 0 Å².